The Kier molecular flexibility index (Phi) is 4.93. The lowest BCUT2D eigenvalue weighted by Crippen LogP contribution is -2.26. The Labute approximate surface area is 159 Å². The van der Waals surface area contributed by atoms with Crippen molar-refractivity contribution in [3.63, 3.8) is 0 Å². The van der Waals surface area contributed by atoms with Gasteiger partial charge >= 0.3 is 6.18 Å². The van der Waals surface area contributed by atoms with Gasteiger partial charge in [-0.2, -0.15) is 17.6 Å². The Bertz CT molecular complexity index is 972. The van der Waals surface area contributed by atoms with Crippen molar-refractivity contribution in [2.45, 2.75) is 24.9 Å². The van der Waals surface area contributed by atoms with E-state index in [1.54, 1.807) is 12.1 Å². The molecule has 0 saturated carbocycles. The molecule has 3 aromatic rings. The largest absolute Gasteiger partial charge is 0.416 e. The number of piperidine rings is 1. The predicted molar refractivity (Wildman–Crippen MR) is 99.3 cm³/mol. The first-order valence-electron chi connectivity index (χ1n) is 9.15. The molecule has 7 heteroatoms. The van der Waals surface area contributed by atoms with Crippen molar-refractivity contribution >= 4 is 0 Å². The van der Waals surface area contributed by atoms with Crippen LogP contribution in [0.4, 0.5) is 17.6 Å². The molecule has 1 aliphatic heterocycles. The number of hydrogen-bond acceptors (Lipinski definition) is 2. The lowest BCUT2D eigenvalue weighted by atomic mass is 9.94. The van der Waals surface area contributed by atoms with E-state index in [1.165, 1.54) is 18.3 Å². The van der Waals surface area contributed by atoms with Crippen LogP contribution in [0.15, 0.2) is 48.7 Å². The van der Waals surface area contributed by atoms with Crippen LogP contribution in [0.2, 0.25) is 0 Å². The monoisotopic (exact) mass is 389 g/mol. The molecule has 0 radical (unpaired) electrons. The molecule has 2 aromatic heterocycles. The fraction of sp³-hybridized carbons (Fsp3) is 0.286. The number of aromatic amines is 1. The fourth-order valence-corrected chi connectivity index (χ4v) is 3.70. The van der Waals surface area contributed by atoms with Crippen molar-refractivity contribution in [1.82, 2.24) is 15.3 Å². The number of hydrogen-bond donors (Lipinski definition) is 2. The normalized spacial score (nSPS) is 15.7. The number of pyridine rings is 1. The second kappa shape index (κ2) is 7.39. The summed E-state index contributed by atoms with van der Waals surface area (Å²) in [6.45, 7) is 1.78. The van der Waals surface area contributed by atoms with Gasteiger partial charge in [0.25, 0.3) is 0 Å². The fourth-order valence-electron chi connectivity index (χ4n) is 3.70. The highest BCUT2D eigenvalue weighted by Crippen LogP contribution is 2.38. The smallest absolute Gasteiger partial charge is 0.358 e. The summed E-state index contributed by atoms with van der Waals surface area (Å²) >= 11 is 0. The van der Waals surface area contributed by atoms with Crippen LogP contribution < -0.4 is 5.32 Å². The highest BCUT2D eigenvalue weighted by Gasteiger charge is 2.31. The molecule has 1 saturated heterocycles. The van der Waals surface area contributed by atoms with Gasteiger partial charge in [0.15, 0.2) is 0 Å². The molecule has 0 amide bonds. The molecule has 1 aromatic carbocycles. The van der Waals surface area contributed by atoms with Gasteiger partial charge in [-0.05, 0) is 61.3 Å². The van der Waals surface area contributed by atoms with E-state index < -0.39 is 17.7 Å². The summed E-state index contributed by atoms with van der Waals surface area (Å²) in [5.74, 6) is -0.344. The first-order valence-corrected chi connectivity index (χ1v) is 9.15. The van der Waals surface area contributed by atoms with E-state index in [4.69, 9.17) is 0 Å². The molecule has 146 valence electrons. The molecule has 3 nitrogen and oxygen atoms in total. The molecule has 1 aliphatic rings. The molecule has 2 N–H and O–H groups in total. The second-order valence-electron chi connectivity index (χ2n) is 6.98. The summed E-state index contributed by atoms with van der Waals surface area (Å²) in [7, 11) is 0. The van der Waals surface area contributed by atoms with E-state index in [2.05, 4.69) is 15.3 Å². The van der Waals surface area contributed by atoms with Gasteiger partial charge in [0.2, 0.25) is 5.95 Å². The third-order valence-corrected chi connectivity index (χ3v) is 5.13. The van der Waals surface area contributed by atoms with Gasteiger partial charge in [-0.3, -0.25) is 0 Å². The molecule has 3 heterocycles. The molecule has 0 spiro atoms. The summed E-state index contributed by atoms with van der Waals surface area (Å²) in [5, 5.41) is 3.30. The van der Waals surface area contributed by atoms with Crippen molar-refractivity contribution in [3.8, 4) is 22.4 Å². The molecule has 4 rings (SSSR count). The molecule has 0 aliphatic carbocycles. The minimum atomic E-state index is -4.43. The highest BCUT2D eigenvalue weighted by atomic mass is 19.4. The first-order chi connectivity index (χ1) is 13.4. The van der Waals surface area contributed by atoms with Gasteiger partial charge < -0.3 is 10.3 Å². The number of nitrogens with one attached hydrogen (secondary N) is 2. The topological polar surface area (TPSA) is 40.7 Å². The van der Waals surface area contributed by atoms with E-state index in [9.17, 15) is 17.6 Å². The zero-order valence-electron chi connectivity index (χ0n) is 15.0. The first kappa shape index (κ1) is 18.7. The van der Waals surface area contributed by atoms with Crippen LogP contribution in [0.3, 0.4) is 0 Å². The standard InChI is InChI=1S/C21H19F4N3/c22-19-11-14(6-9-27-19)17-12-18(13-4-7-26-8-5-13)28-20(17)15-2-1-3-16(10-15)21(23,24)25/h1-3,6,9-13,26,28H,4-5,7-8H2. The molecule has 0 unspecified atom stereocenters. The third-order valence-electron chi connectivity index (χ3n) is 5.13. The summed E-state index contributed by atoms with van der Waals surface area (Å²) in [6, 6.07) is 10.1. The lowest BCUT2D eigenvalue weighted by molar-refractivity contribution is -0.137. The zero-order valence-corrected chi connectivity index (χ0v) is 15.0. The van der Waals surface area contributed by atoms with Crippen molar-refractivity contribution in [3.05, 3.63) is 65.9 Å². The van der Waals surface area contributed by atoms with Crippen molar-refractivity contribution in [2.24, 2.45) is 0 Å². The Balaban J connectivity index is 1.84. The van der Waals surface area contributed by atoms with Crippen LogP contribution in [0, 0.1) is 5.95 Å². The highest BCUT2D eigenvalue weighted by molar-refractivity contribution is 5.82. The van der Waals surface area contributed by atoms with Gasteiger partial charge in [0.05, 0.1) is 11.3 Å². The molecule has 28 heavy (non-hydrogen) atoms. The van der Waals surface area contributed by atoms with Crippen LogP contribution >= 0.6 is 0 Å². The number of benzene rings is 1. The van der Waals surface area contributed by atoms with E-state index >= 15 is 0 Å². The average Bonchev–Trinajstić information content (AvgIpc) is 3.14. The number of rotatable bonds is 3. The molecule has 0 atom stereocenters. The summed E-state index contributed by atoms with van der Waals surface area (Å²) < 4.78 is 53.2. The van der Waals surface area contributed by atoms with Gasteiger partial charge in [0.1, 0.15) is 0 Å². The number of H-pyrrole nitrogens is 1. The molecule has 1 fully saturated rings. The maximum Gasteiger partial charge on any atom is 0.416 e. The number of aromatic nitrogens is 2. The molecule has 0 bridgehead atoms. The summed E-state index contributed by atoms with van der Waals surface area (Å²) in [6.07, 6.45) is -1.19. The van der Waals surface area contributed by atoms with E-state index in [1.807, 2.05) is 6.07 Å². The molecular formula is C21H19F4N3. The second-order valence-corrected chi connectivity index (χ2v) is 6.98. The lowest BCUT2D eigenvalue weighted by Gasteiger charge is -2.21. The quantitative estimate of drug-likeness (QED) is 0.467. The van der Waals surface area contributed by atoms with Crippen LogP contribution in [0.5, 0.6) is 0 Å². The maximum absolute atomic E-state index is 13.7. The van der Waals surface area contributed by atoms with Gasteiger partial charge in [-0.1, -0.05) is 12.1 Å². The SMILES string of the molecule is Fc1cc(-c2cc(C3CCNCC3)[nH]c2-c2cccc(C(F)(F)F)c2)ccn1. The van der Waals surface area contributed by atoms with E-state index in [0.717, 1.165) is 43.8 Å². The van der Waals surface area contributed by atoms with Crippen LogP contribution in [-0.2, 0) is 6.18 Å². The Hall–Kier alpha value is -2.67. The number of halogens is 4. The molecular weight excluding hydrogens is 370 g/mol. The van der Waals surface area contributed by atoms with Crippen LogP contribution in [-0.4, -0.2) is 23.1 Å². The average molecular weight is 389 g/mol. The van der Waals surface area contributed by atoms with Gasteiger partial charge in [0, 0.05) is 29.4 Å². The third kappa shape index (κ3) is 3.80. The van der Waals surface area contributed by atoms with Gasteiger partial charge in [-0.15, -0.1) is 0 Å². The number of nitrogens with zero attached hydrogens (tertiary/aromatic N) is 1. The summed E-state index contributed by atoms with van der Waals surface area (Å²) in [4.78, 5) is 6.90. The number of alkyl halides is 3. The van der Waals surface area contributed by atoms with Crippen molar-refractivity contribution in [1.29, 1.82) is 0 Å². The Morgan fingerprint density at radius 1 is 0.964 bits per heavy atom. The predicted octanol–water partition coefficient (Wildman–Crippen LogP) is 5.37. The maximum atomic E-state index is 13.7. The van der Waals surface area contributed by atoms with E-state index in [0.29, 0.717) is 22.4 Å². The van der Waals surface area contributed by atoms with Crippen LogP contribution in [0.25, 0.3) is 22.4 Å². The minimum absolute atomic E-state index is 0.284. The zero-order chi connectivity index (χ0) is 19.7. The van der Waals surface area contributed by atoms with E-state index in [-0.39, 0.29) is 5.92 Å². The Morgan fingerprint density at radius 2 is 1.75 bits per heavy atom. The Morgan fingerprint density at radius 3 is 2.46 bits per heavy atom. The minimum Gasteiger partial charge on any atom is -0.358 e. The van der Waals surface area contributed by atoms with Gasteiger partial charge in [-0.25, -0.2) is 4.98 Å². The van der Waals surface area contributed by atoms with Crippen molar-refractivity contribution in [2.75, 3.05) is 13.1 Å². The summed E-state index contributed by atoms with van der Waals surface area (Å²) in [5.41, 5.74) is 2.48. The van der Waals surface area contributed by atoms with Crippen molar-refractivity contribution < 1.29 is 17.6 Å². The van der Waals surface area contributed by atoms with Crippen LogP contribution in [0.1, 0.15) is 30.0 Å².